The number of nitrogens with zero attached hydrogens (tertiary/aromatic N) is 3. The topological polar surface area (TPSA) is 115 Å². The average molecular weight is 377 g/mol. The lowest BCUT2D eigenvalue weighted by Crippen LogP contribution is -2.44. The minimum Gasteiger partial charge on any atom is -0.480 e. The van der Waals surface area contributed by atoms with Gasteiger partial charge in [-0.1, -0.05) is 0 Å². The number of amides is 2. The maximum Gasteiger partial charge on any atom is 0.323 e. The summed E-state index contributed by atoms with van der Waals surface area (Å²) in [5.74, 6) is -1.73. The molecule has 144 valence electrons. The van der Waals surface area contributed by atoms with Gasteiger partial charge in [0.15, 0.2) is 0 Å². The maximum atomic E-state index is 12.4. The van der Waals surface area contributed by atoms with E-state index in [0.717, 1.165) is 4.31 Å². The highest BCUT2D eigenvalue weighted by Gasteiger charge is 2.28. The normalized spacial score (nSPS) is 18.7. The van der Waals surface area contributed by atoms with Gasteiger partial charge in [0, 0.05) is 33.1 Å². The molecule has 10 heteroatoms. The number of hydrogen-bond acceptors (Lipinski definition) is 5. The minimum absolute atomic E-state index is 0.0678. The summed E-state index contributed by atoms with van der Waals surface area (Å²) in [5, 5.41) is 8.95. The second-order valence-electron chi connectivity index (χ2n) is 6.16. The number of carboxylic acids is 1. The molecule has 1 unspecified atom stereocenters. The Balaban J connectivity index is 2.69. The first kappa shape index (κ1) is 21.4. The number of carboxylic acid groups (broad SMARTS) is 1. The van der Waals surface area contributed by atoms with Crippen molar-refractivity contribution in [2.45, 2.75) is 39.2 Å². The Morgan fingerprint density at radius 1 is 1.16 bits per heavy atom. The molecular weight excluding hydrogens is 350 g/mol. The van der Waals surface area contributed by atoms with Crippen molar-refractivity contribution in [2.24, 2.45) is 0 Å². The maximum absolute atomic E-state index is 12.4. The summed E-state index contributed by atoms with van der Waals surface area (Å²) in [7, 11) is -2.05. The third-order valence-electron chi connectivity index (χ3n) is 4.40. The number of rotatable bonds is 7. The number of sulfonamides is 1. The molecule has 0 saturated carbocycles. The van der Waals surface area contributed by atoms with Crippen LogP contribution in [-0.2, 0) is 24.4 Å². The van der Waals surface area contributed by atoms with Crippen LogP contribution in [0, 0.1) is 0 Å². The third kappa shape index (κ3) is 6.28. The lowest BCUT2D eigenvalue weighted by molar-refractivity contribution is -0.145. The highest BCUT2D eigenvalue weighted by molar-refractivity contribution is 7.89. The van der Waals surface area contributed by atoms with Crippen molar-refractivity contribution in [3.63, 3.8) is 0 Å². The van der Waals surface area contributed by atoms with E-state index in [1.54, 1.807) is 4.90 Å². The van der Waals surface area contributed by atoms with E-state index in [0.29, 0.717) is 32.4 Å². The van der Waals surface area contributed by atoms with E-state index in [9.17, 15) is 22.8 Å². The second-order valence-corrected chi connectivity index (χ2v) is 8.53. The van der Waals surface area contributed by atoms with Gasteiger partial charge in [-0.2, -0.15) is 4.31 Å². The van der Waals surface area contributed by atoms with Gasteiger partial charge in [-0.15, -0.1) is 0 Å². The molecule has 0 aliphatic carbocycles. The van der Waals surface area contributed by atoms with Gasteiger partial charge >= 0.3 is 5.97 Å². The van der Waals surface area contributed by atoms with Gasteiger partial charge in [-0.05, 0) is 26.2 Å². The smallest absolute Gasteiger partial charge is 0.323 e. The van der Waals surface area contributed by atoms with Crippen molar-refractivity contribution < 1.29 is 27.9 Å². The summed E-state index contributed by atoms with van der Waals surface area (Å²) in [4.78, 5) is 37.9. The van der Waals surface area contributed by atoms with Crippen LogP contribution < -0.4 is 0 Å². The zero-order valence-electron chi connectivity index (χ0n) is 15.0. The number of carbonyl (C=O) groups is 3. The third-order valence-corrected chi connectivity index (χ3v) is 6.21. The summed E-state index contributed by atoms with van der Waals surface area (Å²) in [6.45, 7) is 3.12. The Labute approximate surface area is 148 Å². The summed E-state index contributed by atoms with van der Waals surface area (Å²) >= 11 is 0. The molecular formula is C15H27N3O6S. The molecule has 1 N–H and O–H groups in total. The Bertz CT molecular complexity index is 606. The highest BCUT2D eigenvalue weighted by atomic mass is 32.2. The molecule has 2 amide bonds. The molecule has 9 nitrogen and oxygen atoms in total. The predicted octanol–water partition coefficient (Wildman–Crippen LogP) is -0.418. The molecule has 1 atom stereocenters. The SMILES string of the molecule is CCS(=O)(=O)N(C)CC(=O)N1CCCC(N(CC(=O)O)C(C)=O)CC1. The Kier molecular flexibility index (Phi) is 7.81. The predicted molar refractivity (Wildman–Crippen MR) is 91.3 cm³/mol. The van der Waals surface area contributed by atoms with E-state index in [1.165, 1.54) is 25.8 Å². The first-order chi connectivity index (χ1) is 11.6. The fourth-order valence-corrected chi connectivity index (χ4v) is 3.64. The van der Waals surface area contributed by atoms with Crippen LogP contribution >= 0.6 is 0 Å². The molecule has 0 aromatic rings. The van der Waals surface area contributed by atoms with Crippen molar-refractivity contribution in [3.8, 4) is 0 Å². The Morgan fingerprint density at radius 2 is 1.80 bits per heavy atom. The van der Waals surface area contributed by atoms with Gasteiger partial charge < -0.3 is 14.9 Å². The number of hydrogen-bond donors (Lipinski definition) is 1. The summed E-state index contributed by atoms with van der Waals surface area (Å²) < 4.78 is 24.6. The van der Waals surface area contributed by atoms with E-state index in [1.807, 2.05) is 0 Å². The summed E-state index contributed by atoms with van der Waals surface area (Å²) in [5.41, 5.74) is 0. The fourth-order valence-electron chi connectivity index (χ4n) is 2.89. The minimum atomic E-state index is -3.42. The zero-order valence-corrected chi connectivity index (χ0v) is 15.8. The second kappa shape index (κ2) is 9.14. The number of carbonyl (C=O) groups excluding carboxylic acids is 2. The first-order valence-corrected chi connectivity index (χ1v) is 9.90. The summed E-state index contributed by atoms with van der Waals surface area (Å²) in [6.07, 6.45) is 1.71. The molecule has 1 aliphatic heterocycles. The highest BCUT2D eigenvalue weighted by Crippen LogP contribution is 2.17. The molecule has 1 saturated heterocycles. The van der Waals surface area contributed by atoms with E-state index in [2.05, 4.69) is 0 Å². The van der Waals surface area contributed by atoms with Gasteiger partial charge in [0.2, 0.25) is 21.8 Å². The first-order valence-electron chi connectivity index (χ1n) is 8.29. The number of aliphatic carboxylic acids is 1. The van der Waals surface area contributed by atoms with Gasteiger partial charge in [0.05, 0.1) is 12.3 Å². The van der Waals surface area contributed by atoms with Crippen LogP contribution in [0.25, 0.3) is 0 Å². The van der Waals surface area contributed by atoms with Crippen molar-refractivity contribution in [3.05, 3.63) is 0 Å². The van der Waals surface area contributed by atoms with Crippen molar-refractivity contribution in [1.82, 2.24) is 14.1 Å². The van der Waals surface area contributed by atoms with Crippen LogP contribution in [0.2, 0.25) is 0 Å². The van der Waals surface area contributed by atoms with Crippen LogP contribution in [-0.4, -0.2) is 90.4 Å². The summed E-state index contributed by atoms with van der Waals surface area (Å²) in [6, 6.07) is -0.233. The molecule has 0 bridgehead atoms. The molecule has 1 fully saturated rings. The van der Waals surface area contributed by atoms with Crippen molar-refractivity contribution in [2.75, 3.05) is 39.0 Å². The molecule has 1 aliphatic rings. The van der Waals surface area contributed by atoms with Crippen LogP contribution in [0.15, 0.2) is 0 Å². The Hall–Kier alpha value is -1.68. The standard InChI is InChI=1S/C15H27N3O6S/c1-4-25(23,24)16(3)10-14(20)17-8-5-6-13(7-9-17)18(12(2)19)11-15(21)22/h13H,4-11H2,1-3H3,(H,21,22). The average Bonchev–Trinajstić information content (AvgIpc) is 2.77. The van der Waals surface area contributed by atoms with E-state index in [4.69, 9.17) is 5.11 Å². The monoisotopic (exact) mass is 377 g/mol. The van der Waals surface area contributed by atoms with Gasteiger partial charge in [0.1, 0.15) is 6.54 Å². The largest absolute Gasteiger partial charge is 0.480 e. The van der Waals surface area contributed by atoms with Crippen LogP contribution in [0.5, 0.6) is 0 Å². The van der Waals surface area contributed by atoms with Gasteiger partial charge in [0.25, 0.3) is 0 Å². The zero-order chi connectivity index (χ0) is 19.2. The molecule has 0 aromatic carbocycles. The molecule has 25 heavy (non-hydrogen) atoms. The van der Waals surface area contributed by atoms with E-state index < -0.39 is 16.0 Å². The number of likely N-dealkylation sites (tertiary alicyclic amines) is 1. The molecule has 0 spiro atoms. The Morgan fingerprint density at radius 3 is 2.32 bits per heavy atom. The van der Waals surface area contributed by atoms with E-state index in [-0.39, 0.29) is 36.7 Å². The van der Waals surface area contributed by atoms with Crippen molar-refractivity contribution in [1.29, 1.82) is 0 Å². The molecule has 0 aromatic heterocycles. The number of likely N-dealkylation sites (N-methyl/N-ethyl adjacent to an activating group) is 1. The van der Waals surface area contributed by atoms with Crippen molar-refractivity contribution >= 4 is 27.8 Å². The molecule has 0 radical (unpaired) electrons. The van der Waals surface area contributed by atoms with Gasteiger partial charge in [-0.3, -0.25) is 14.4 Å². The molecule has 1 rings (SSSR count). The quantitative estimate of drug-likeness (QED) is 0.644. The lowest BCUT2D eigenvalue weighted by atomic mass is 10.1. The molecule has 1 heterocycles. The van der Waals surface area contributed by atoms with Crippen LogP contribution in [0.1, 0.15) is 33.1 Å². The van der Waals surface area contributed by atoms with Crippen LogP contribution in [0.4, 0.5) is 0 Å². The van der Waals surface area contributed by atoms with E-state index >= 15 is 0 Å². The fraction of sp³-hybridized carbons (Fsp3) is 0.800. The lowest BCUT2D eigenvalue weighted by Gasteiger charge is -2.29. The van der Waals surface area contributed by atoms with Crippen LogP contribution in [0.3, 0.4) is 0 Å². The van der Waals surface area contributed by atoms with Gasteiger partial charge in [-0.25, -0.2) is 8.42 Å².